The van der Waals surface area contributed by atoms with Crippen molar-refractivity contribution in [3.63, 3.8) is 0 Å². The highest BCUT2D eigenvalue weighted by Gasteiger charge is 2.33. The number of hydrogen-bond donors (Lipinski definition) is 1. The number of nitrogens with zero attached hydrogens (tertiary/aromatic N) is 4. The lowest BCUT2D eigenvalue weighted by molar-refractivity contribution is 0.0900. The van der Waals surface area contributed by atoms with Gasteiger partial charge in [-0.15, -0.1) is 0 Å². The zero-order chi connectivity index (χ0) is 20.1. The first-order valence-electron chi connectivity index (χ1n) is 10.4. The fourth-order valence-electron chi connectivity index (χ4n) is 5.26. The molecule has 152 valence electrons. The molecule has 2 saturated heterocycles. The van der Waals surface area contributed by atoms with Crippen LogP contribution in [0.4, 0.5) is 4.79 Å². The van der Waals surface area contributed by atoms with Crippen LogP contribution in [0.2, 0.25) is 0 Å². The number of carbonyl (C=O) groups is 1. The van der Waals surface area contributed by atoms with E-state index in [9.17, 15) is 9.90 Å². The third-order valence-corrected chi connectivity index (χ3v) is 6.38. The molecule has 0 radical (unpaired) electrons. The van der Waals surface area contributed by atoms with Crippen molar-refractivity contribution in [2.24, 2.45) is 11.3 Å². The van der Waals surface area contributed by atoms with Gasteiger partial charge in [0.15, 0.2) is 0 Å². The SMILES string of the molecule is C[C@H]1CC[C@H](c2ccc3cn(C4CN(C)CC(C)(C)C4)nc3c2)N(C(=O)O)C1. The molecule has 28 heavy (non-hydrogen) atoms. The van der Waals surface area contributed by atoms with Crippen LogP contribution in [0.1, 0.15) is 57.7 Å². The number of benzene rings is 1. The average molecular weight is 385 g/mol. The van der Waals surface area contributed by atoms with Crippen molar-refractivity contribution in [2.75, 3.05) is 26.7 Å². The van der Waals surface area contributed by atoms with Gasteiger partial charge in [0.05, 0.1) is 17.6 Å². The van der Waals surface area contributed by atoms with Crippen LogP contribution < -0.4 is 0 Å². The van der Waals surface area contributed by atoms with Gasteiger partial charge in [0.1, 0.15) is 0 Å². The summed E-state index contributed by atoms with van der Waals surface area (Å²) >= 11 is 0. The Hall–Kier alpha value is -2.08. The molecular weight excluding hydrogens is 352 g/mol. The molecule has 0 saturated carbocycles. The van der Waals surface area contributed by atoms with Crippen molar-refractivity contribution in [1.82, 2.24) is 19.6 Å². The van der Waals surface area contributed by atoms with Gasteiger partial charge in [0.2, 0.25) is 0 Å². The summed E-state index contributed by atoms with van der Waals surface area (Å²) in [5.74, 6) is 0.418. The highest BCUT2D eigenvalue weighted by atomic mass is 16.4. The van der Waals surface area contributed by atoms with Crippen LogP contribution in [0.15, 0.2) is 24.4 Å². The Morgan fingerprint density at radius 1 is 1.25 bits per heavy atom. The van der Waals surface area contributed by atoms with Gasteiger partial charge in [-0.05, 0) is 49.3 Å². The summed E-state index contributed by atoms with van der Waals surface area (Å²) in [4.78, 5) is 15.7. The molecule has 3 atom stereocenters. The Kier molecular flexibility index (Phi) is 4.86. The van der Waals surface area contributed by atoms with Crippen LogP contribution in [-0.4, -0.2) is 57.5 Å². The van der Waals surface area contributed by atoms with E-state index in [4.69, 9.17) is 5.10 Å². The topological polar surface area (TPSA) is 61.6 Å². The minimum atomic E-state index is -0.824. The van der Waals surface area contributed by atoms with Crippen molar-refractivity contribution in [3.05, 3.63) is 30.0 Å². The summed E-state index contributed by atoms with van der Waals surface area (Å²) in [7, 11) is 2.18. The van der Waals surface area contributed by atoms with Gasteiger partial charge in [-0.25, -0.2) is 4.79 Å². The molecule has 2 fully saturated rings. The summed E-state index contributed by atoms with van der Waals surface area (Å²) in [6, 6.07) is 6.59. The van der Waals surface area contributed by atoms with Crippen LogP contribution in [-0.2, 0) is 0 Å². The van der Waals surface area contributed by atoms with E-state index in [0.717, 1.165) is 48.8 Å². The first-order valence-corrected chi connectivity index (χ1v) is 10.4. The average Bonchev–Trinajstić information content (AvgIpc) is 3.03. The van der Waals surface area contributed by atoms with Gasteiger partial charge in [-0.2, -0.15) is 5.10 Å². The largest absolute Gasteiger partial charge is 0.465 e. The molecule has 3 heterocycles. The number of hydrogen-bond acceptors (Lipinski definition) is 3. The van der Waals surface area contributed by atoms with E-state index in [2.05, 4.69) is 61.8 Å². The fraction of sp³-hybridized carbons (Fsp3) is 0.636. The van der Waals surface area contributed by atoms with Crippen molar-refractivity contribution in [2.45, 2.75) is 52.1 Å². The number of likely N-dealkylation sites (N-methyl/N-ethyl adjacent to an activating group) is 1. The van der Waals surface area contributed by atoms with Crippen LogP contribution >= 0.6 is 0 Å². The molecule has 6 nitrogen and oxygen atoms in total. The van der Waals surface area contributed by atoms with Crippen LogP contribution in [0.3, 0.4) is 0 Å². The zero-order valence-corrected chi connectivity index (χ0v) is 17.4. The molecule has 1 N–H and O–H groups in total. The Morgan fingerprint density at radius 3 is 2.75 bits per heavy atom. The predicted octanol–water partition coefficient (Wildman–Crippen LogP) is 4.39. The summed E-state index contributed by atoms with van der Waals surface area (Å²) in [6.45, 7) is 9.50. The minimum absolute atomic E-state index is 0.0667. The minimum Gasteiger partial charge on any atom is -0.465 e. The van der Waals surface area contributed by atoms with Gasteiger partial charge in [-0.3, -0.25) is 4.68 Å². The second-order valence-electron chi connectivity index (χ2n) is 9.78. The van der Waals surface area contributed by atoms with Crippen LogP contribution in [0.5, 0.6) is 0 Å². The Bertz CT molecular complexity index is 875. The third-order valence-electron chi connectivity index (χ3n) is 6.38. The summed E-state index contributed by atoms with van der Waals surface area (Å²) in [6.07, 6.45) is 4.38. The quantitative estimate of drug-likeness (QED) is 0.834. The van der Waals surface area contributed by atoms with Gasteiger partial charge in [-0.1, -0.05) is 32.9 Å². The monoisotopic (exact) mass is 384 g/mol. The van der Waals surface area contributed by atoms with Gasteiger partial charge in [0.25, 0.3) is 0 Å². The number of piperidine rings is 2. The van der Waals surface area contributed by atoms with Crippen molar-refractivity contribution >= 4 is 17.0 Å². The summed E-state index contributed by atoms with van der Waals surface area (Å²) in [5, 5.41) is 15.7. The molecule has 0 spiro atoms. The molecule has 1 aromatic carbocycles. The maximum atomic E-state index is 11.8. The Morgan fingerprint density at radius 2 is 2.04 bits per heavy atom. The van der Waals surface area contributed by atoms with E-state index in [1.807, 2.05) is 0 Å². The van der Waals surface area contributed by atoms with E-state index < -0.39 is 6.09 Å². The third kappa shape index (κ3) is 3.75. The van der Waals surface area contributed by atoms with Crippen molar-refractivity contribution in [3.8, 4) is 0 Å². The first-order chi connectivity index (χ1) is 13.2. The molecule has 1 unspecified atom stereocenters. The van der Waals surface area contributed by atoms with Gasteiger partial charge >= 0.3 is 6.09 Å². The second kappa shape index (κ2) is 7.07. The normalized spacial score (nSPS) is 28.6. The standard InChI is InChI=1S/C22H32N4O2/c1-15-5-8-20(25(11-15)21(27)28)16-6-7-17-12-26(23-19(17)9-16)18-10-22(2,3)14-24(4)13-18/h6-7,9,12,15,18,20H,5,8,10-11,13-14H2,1-4H3,(H,27,28)/t15-,18?,20+/m0/s1. The molecule has 1 aromatic heterocycles. The molecule has 2 aliphatic rings. The van der Waals surface area contributed by atoms with E-state index in [0.29, 0.717) is 18.5 Å². The maximum Gasteiger partial charge on any atom is 0.407 e. The van der Waals surface area contributed by atoms with Gasteiger partial charge in [0, 0.05) is 31.2 Å². The van der Waals surface area contributed by atoms with Crippen LogP contribution in [0.25, 0.3) is 10.9 Å². The number of likely N-dealkylation sites (tertiary alicyclic amines) is 2. The molecule has 2 aromatic rings. The lowest BCUT2D eigenvalue weighted by Crippen LogP contribution is -2.43. The zero-order valence-electron chi connectivity index (χ0n) is 17.4. The molecule has 2 aliphatic heterocycles. The molecule has 6 heteroatoms. The fourth-order valence-corrected chi connectivity index (χ4v) is 5.26. The summed E-state index contributed by atoms with van der Waals surface area (Å²) < 4.78 is 2.13. The summed E-state index contributed by atoms with van der Waals surface area (Å²) in [5.41, 5.74) is 2.31. The van der Waals surface area contributed by atoms with E-state index in [1.54, 1.807) is 4.90 Å². The first kappa shape index (κ1) is 19.2. The van der Waals surface area contributed by atoms with E-state index >= 15 is 0 Å². The second-order valence-corrected chi connectivity index (χ2v) is 9.78. The number of carboxylic acid groups (broad SMARTS) is 1. The highest BCUT2D eigenvalue weighted by Crippen LogP contribution is 2.36. The lowest BCUT2D eigenvalue weighted by atomic mass is 9.82. The van der Waals surface area contributed by atoms with E-state index in [-0.39, 0.29) is 11.5 Å². The maximum absolute atomic E-state index is 11.8. The van der Waals surface area contributed by atoms with Crippen molar-refractivity contribution < 1.29 is 9.90 Å². The Balaban J connectivity index is 1.62. The number of rotatable bonds is 2. The van der Waals surface area contributed by atoms with Crippen molar-refractivity contribution in [1.29, 1.82) is 0 Å². The lowest BCUT2D eigenvalue weighted by Gasteiger charge is -2.40. The number of amides is 1. The molecular formula is C22H32N4O2. The predicted molar refractivity (Wildman–Crippen MR) is 111 cm³/mol. The molecule has 4 rings (SSSR count). The molecule has 0 aliphatic carbocycles. The molecule has 1 amide bonds. The molecule has 0 bridgehead atoms. The Labute approximate surface area is 167 Å². The van der Waals surface area contributed by atoms with Gasteiger partial charge < -0.3 is 14.9 Å². The smallest absolute Gasteiger partial charge is 0.407 e. The number of fused-ring (bicyclic) bond motifs is 1. The number of aromatic nitrogens is 2. The van der Waals surface area contributed by atoms with Crippen LogP contribution in [0, 0.1) is 11.3 Å². The highest BCUT2D eigenvalue weighted by molar-refractivity contribution is 5.79. The van der Waals surface area contributed by atoms with E-state index in [1.165, 1.54) is 0 Å².